The highest BCUT2D eigenvalue weighted by atomic mass is 28.5. The summed E-state index contributed by atoms with van der Waals surface area (Å²) in [6.07, 6.45) is 1.92. The van der Waals surface area contributed by atoms with Crippen molar-refractivity contribution in [3.63, 3.8) is 0 Å². The maximum Gasteiger partial charge on any atom is 0.368 e. The van der Waals surface area contributed by atoms with Gasteiger partial charge in [-0.15, -0.1) is 0 Å². The second-order valence-electron chi connectivity index (χ2n) is 5.14. The molecule has 7 heteroatoms. The van der Waals surface area contributed by atoms with Crippen LogP contribution in [0.5, 0.6) is 0 Å². The van der Waals surface area contributed by atoms with Crippen LogP contribution in [0, 0.1) is 0 Å². The fourth-order valence-corrected chi connectivity index (χ4v) is 17.8. The fraction of sp³-hybridized carbons (Fsp3) is 0.556. The van der Waals surface area contributed by atoms with E-state index in [1.165, 1.54) is 0 Å². The lowest BCUT2D eigenvalue weighted by Crippen LogP contribution is -2.70. The number of aromatic nitrogens is 1. The van der Waals surface area contributed by atoms with E-state index in [2.05, 4.69) is 37.7 Å². The normalized spacial score (nSPS) is 26.6. The van der Waals surface area contributed by atoms with Crippen LogP contribution in [0.2, 0.25) is 32.7 Å². The van der Waals surface area contributed by atoms with E-state index < -0.39 is 25.7 Å². The molecule has 2 rings (SSSR count). The van der Waals surface area contributed by atoms with Gasteiger partial charge in [0.15, 0.2) is 0 Å². The Morgan fingerprint density at radius 2 is 1.50 bits per heavy atom. The van der Waals surface area contributed by atoms with Gasteiger partial charge in [-0.05, 0) is 44.9 Å². The van der Waals surface area contributed by atoms with Crippen molar-refractivity contribution >= 4 is 31.0 Å². The Hall–Kier alpha value is -0.189. The molecule has 1 N–H and O–H groups in total. The standard InChI is InChI=1S/C9H19NO3Si3/c1-14(2)11-15(3,4)13-16(5,12-14)9-7-6-8-10-9/h6-8,10H,1-5H3. The molecule has 0 unspecified atom stereocenters. The van der Waals surface area contributed by atoms with Crippen molar-refractivity contribution in [2.45, 2.75) is 32.7 Å². The van der Waals surface area contributed by atoms with E-state index in [1.807, 2.05) is 18.3 Å². The highest BCUT2D eigenvalue weighted by Gasteiger charge is 2.54. The van der Waals surface area contributed by atoms with Crippen LogP contribution in [-0.4, -0.2) is 30.7 Å². The van der Waals surface area contributed by atoms with Crippen LogP contribution in [0.25, 0.3) is 0 Å². The van der Waals surface area contributed by atoms with Gasteiger partial charge in [-0.2, -0.15) is 0 Å². The lowest BCUT2D eigenvalue weighted by molar-refractivity contribution is 0.242. The van der Waals surface area contributed by atoms with Gasteiger partial charge in [-0.25, -0.2) is 0 Å². The Labute approximate surface area is 99.7 Å². The third kappa shape index (κ3) is 2.39. The van der Waals surface area contributed by atoms with Crippen LogP contribution in [0.3, 0.4) is 0 Å². The summed E-state index contributed by atoms with van der Waals surface area (Å²) in [6.45, 7) is 10.5. The summed E-state index contributed by atoms with van der Waals surface area (Å²) in [4.78, 5) is 3.22. The first kappa shape index (κ1) is 12.3. The van der Waals surface area contributed by atoms with Crippen molar-refractivity contribution in [3.8, 4) is 0 Å². The number of hydrogen-bond acceptors (Lipinski definition) is 3. The summed E-state index contributed by atoms with van der Waals surface area (Å²) in [6, 6.07) is 4.03. The van der Waals surface area contributed by atoms with Crippen molar-refractivity contribution in [1.82, 2.24) is 4.98 Å². The molecule has 1 saturated heterocycles. The van der Waals surface area contributed by atoms with Gasteiger partial charge < -0.3 is 17.3 Å². The fourth-order valence-electron chi connectivity index (χ4n) is 2.32. The molecule has 0 amide bonds. The average molecular weight is 274 g/mol. The highest BCUT2D eigenvalue weighted by molar-refractivity contribution is 6.97. The molecule has 0 atom stereocenters. The number of hydrogen-bond donors (Lipinski definition) is 1. The Bertz CT molecular complexity index is 361. The summed E-state index contributed by atoms with van der Waals surface area (Å²) in [7, 11) is -6.37. The summed E-state index contributed by atoms with van der Waals surface area (Å²) in [5.41, 5.74) is 0. The van der Waals surface area contributed by atoms with Crippen LogP contribution in [0.1, 0.15) is 0 Å². The molecule has 1 fully saturated rings. The van der Waals surface area contributed by atoms with Crippen LogP contribution >= 0.6 is 0 Å². The quantitative estimate of drug-likeness (QED) is 0.793. The second-order valence-corrected chi connectivity index (χ2v) is 15.6. The second kappa shape index (κ2) is 3.65. The minimum atomic E-state index is -2.29. The van der Waals surface area contributed by atoms with E-state index >= 15 is 0 Å². The molecule has 1 aliphatic heterocycles. The zero-order valence-electron chi connectivity index (χ0n) is 10.5. The van der Waals surface area contributed by atoms with E-state index in [1.54, 1.807) is 0 Å². The van der Waals surface area contributed by atoms with Crippen molar-refractivity contribution in [1.29, 1.82) is 0 Å². The minimum Gasteiger partial charge on any atom is -0.416 e. The molecule has 0 spiro atoms. The van der Waals surface area contributed by atoms with Crippen molar-refractivity contribution in [3.05, 3.63) is 18.3 Å². The predicted octanol–water partition coefficient (Wildman–Crippen LogP) is 1.76. The third-order valence-electron chi connectivity index (χ3n) is 2.46. The van der Waals surface area contributed by atoms with Gasteiger partial charge in [0.1, 0.15) is 0 Å². The average Bonchev–Trinajstić information content (AvgIpc) is 2.46. The number of rotatable bonds is 1. The van der Waals surface area contributed by atoms with E-state index in [-0.39, 0.29) is 0 Å². The first-order valence-electron chi connectivity index (χ1n) is 5.47. The van der Waals surface area contributed by atoms with Crippen LogP contribution in [0.15, 0.2) is 18.3 Å². The summed E-state index contributed by atoms with van der Waals surface area (Å²) < 4.78 is 18.4. The number of nitrogens with one attached hydrogen (secondary N) is 1. The minimum absolute atomic E-state index is 1.09. The van der Waals surface area contributed by atoms with Gasteiger partial charge in [-0.1, -0.05) is 0 Å². The molecule has 0 saturated carbocycles. The zero-order chi connectivity index (χ0) is 12.0. The maximum atomic E-state index is 6.18. The molecule has 1 aromatic rings. The molecular formula is C9H19NO3Si3. The lowest BCUT2D eigenvalue weighted by atomic mass is 10.7. The van der Waals surface area contributed by atoms with E-state index in [0.717, 1.165) is 5.32 Å². The number of H-pyrrole nitrogens is 1. The first-order chi connectivity index (χ1) is 7.23. The van der Waals surface area contributed by atoms with Crippen molar-refractivity contribution < 1.29 is 12.3 Å². The summed E-state index contributed by atoms with van der Waals surface area (Å²) in [5.74, 6) is 0. The first-order valence-corrected chi connectivity index (χ1v) is 13.4. The molecular weight excluding hydrogens is 254 g/mol. The molecule has 16 heavy (non-hydrogen) atoms. The monoisotopic (exact) mass is 273 g/mol. The molecule has 1 aromatic heterocycles. The maximum absolute atomic E-state index is 6.18. The Morgan fingerprint density at radius 3 is 1.94 bits per heavy atom. The number of aromatic amines is 1. The lowest BCUT2D eigenvalue weighted by Gasteiger charge is -2.47. The van der Waals surface area contributed by atoms with Gasteiger partial charge in [0.2, 0.25) is 0 Å². The van der Waals surface area contributed by atoms with Gasteiger partial charge in [0, 0.05) is 6.20 Å². The predicted molar refractivity (Wildman–Crippen MR) is 70.3 cm³/mol. The SMILES string of the molecule is C[Si]1(C)O[Si](C)(C)O[Si](C)(c2ccc[nH]2)O1. The Morgan fingerprint density at radius 1 is 0.938 bits per heavy atom. The Kier molecular flexibility index (Phi) is 2.80. The molecule has 0 bridgehead atoms. The zero-order valence-corrected chi connectivity index (χ0v) is 13.5. The third-order valence-corrected chi connectivity index (χ3v) is 14.7. The molecule has 0 aliphatic carbocycles. The van der Waals surface area contributed by atoms with Crippen LogP contribution in [-0.2, 0) is 12.3 Å². The molecule has 90 valence electrons. The summed E-state index contributed by atoms with van der Waals surface area (Å²) >= 11 is 0. The molecule has 0 radical (unpaired) electrons. The van der Waals surface area contributed by atoms with Crippen LogP contribution < -0.4 is 5.32 Å². The van der Waals surface area contributed by atoms with E-state index in [4.69, 9.17) is 12.3 Å². The van der Waals surface area contributed by atoms with Crippen molar-refractivity contribution in [2.75, 3.05) is 0 Å². The summed E-state index contributed by atoms with van der Waals surface area (Å²) in [5, 5.41) is 1.09. The van der Waals surface area contributed by atoms with Gasteiger partial charge in [0.05, 0.1) is 5.32 Å². The molecule has 1 aliphatic rings. The van der Waals surface area contributed by atoms with Crippen molar-refractivity contribution in [2.24, 2.45) is 0 Å². The topological polar surface area (TPSA) is 43.5 Å². The van der Waals surface area contributed by atoms with Gasteiger partial charge in [0.25, 0.3) is 0 Å². The largest absolute Gasteiger partial charge is 0.416 e. The van der Waals surface area contributed by atoms with E-state index in [0.29, 0.717) is 0 Å². The Balaban J connectivity index is 2.35. The van der Waals surface area contributed by atoms with Crippen LogP contribution in [0.4, 0.5) is 0 Å². The molecule has 2 heterocycles. The molecule has 0 aromatic carbocycles. The highest BCUT2D eigenvalue weighted by Crippen LogP contribution is 2.29. The van der Waals surface area contributed by atoms with Gasteiger partial charge >= 0.3 is 25.7 Å². The smallest absolute Gasteiger partial charge is 0.368 e. The van der Waals surface area contributed by atoms with Gasteiger partial charge in [-0.3, -0.25) is 0 Å². The van der Waals surface area contributed by atoms with E-state index in [9.17, 15) is 0 Å². The molecule has 4 nitrogen and oxygen atoms in total.